The Morgan fingerprint density at radius 2 is 2.20 bits per heavy atom. The number of aromatic nitrogens is 1. The summed E-state index contributed by atoms with van der Waals surface area (Å²) in [6.45, 7) is 1.97. The molecular formula is C12H16N2O. The SMILES string of the molecule is CNCCn1ccc2cc(OC)ccc21. The highest BCUT2D eigenvalue weighted by atomic mass is 16.5. The molecule has 0 aliphatic carbocycles. The van der Waals surface area contributed by atoms with Crippen molar-refractivity contribution in [3.05, 3.63) is 30.5 Å². The minimum Gasteiger partial charge on any atom is -0.497 e. The van der Waals surface area contributed by atoms with Crippen molar-refractivity contribution < 1.29 is 4.74 Å². The molecule has 0 saturated heterocycles. The van der Waals surface area contributed by atoms with Gasteiger partial charge in [0.05, 0.1) is 7.11 Å². The first-order valence-corrected chi connectivity index (χ1v) is 5.12. The summed E-state index contributed by atoms with van der Waals surface area (Å²) in [6.07, 6.45) is 2.11. The van der Waals surface area contributed by atoms with Crippen LogP contribution < -0.4 is 10.1 Å². The van der Waals surface area contributed by atoms with Gasteiger partial charge in [0.15, 0.2) is 0 Å². The molecule has 0 spiro atoms. The van der Waals surface area contributed by atoms with Gasteiger partial charge in [0.25, 0.3) is 0 Å². The van der Waals surface area contributed by atoms with Crippen molar-refractivity contribution in [3.63, 3.8) is 0 Å². The number of likely N-dealkylation sites (N-methyl/N-ethyl adjacent to an activating group) is 1. The van der Waals surface area contributed by atoms with Crippen LogP contribution in [0.25, 0.3) is 10.9 Å². The lowest BCUT2D eigenvalue weighted by Crippen LogP contribution is -2.14. The van der Waals surface area contributed by atoms with Gasteiger partial charge < -0.3 is 14.6 Å². The average molecular weight is 204 g/mol. The van der Waals surface area contributed by atoms with Crippen LogP contribution in [0.15, 0.2) is 30.5 Å². The molecule has 0 bridgehead atoms. The summed E-state index contributed by atoms with van der Waals surface area (Å²) in [4.78, 5) is 0. The van der Waals surface area contributed by atoms with Gasteiger partial charge in [0.1, 0.15) is 5.75 Å². The molecule has 3 nitrogen and oxygen atoms in total. The molecule has 1 heterocycles. The van der Waals surface area contributed by atoms with Crippen LogP contribution in [-0.2, 0) is 6.54 Å². The summed E-state index contributed by atoms with van der Waals surface area (Å²) in [5.74, 6) is 0.911. The standard InChI is InChI=1S/C12H16N2O/c1-13-6-8-14-7-5-10-9-11(15-2)3-4-12(10)14/h3-5,7,9,13H,6,8H2,1-2H3. The average Bonchev–Trinajstić information content (AvgIpc) is 2.68. The Balaban J connectivity index is 2.34. The Bertz CT molecular complexity index is 448. The monoisotopic (exact) mass is 204 g/mol. The molecule has 0 fully saturated rings. The number of hydrogen-bond acceptors (Lipinski definition) is 2. The topological polar surface area (TPSA) is 26.2 Å². The number of methoxy groups -OCH3 is 1. The fourth-order valence-electron chi connectivity index (χ4n) is 1.73. The van der Waals surface area contributed by atoms with Crippen LogP contribution in [-0.4, -0.2) is 25.3 Å². The molecule has 1 N–H and O–H groups in total. The summed E-state index contributed by atoms with van der Waals surface area (Å²) < 4.78 is 7.43. The molecular weight excluding hydrogens is 188 g/mol. The minimum atomic E-state index is 0.911. The smallest absolute Gasteiger partial charge is 0.119 e. The quantitative estimate of drug-likeness (QED) is 0.822. The molecule has 15 heavy (non-hydrogen) atoms. The maximum atomic E-state index is 5.19. The Morgan fingerprint density at radius 3 is 2.93 bits per heavy atom. The molecule has 2 rings (SSSR count). The highest BCUT2D eigenvalue weighted by molar-refractivity contribution is 5.81. The first kappa shape index (κ1) is 10.1. The van der Waals surface area contributed by atoms with E-state index in [0.717, 1.165) is 18.8 Å². The van der Waals surface area contributed by atoms with E-state index in [0.29, 0.717) is 0 Å². The van der Waals surface area contributed by atoms with E-state index in [1.165, 1.54) is 10.9 Å². The molecule has 0 amide bonds. The van der Waals surface area contributed by atoms with Gasteiger partial charge in [-0.3, -0.25) is 0 Å². The predicted octanol–water partition coefficient (Wildman–Crippen LogP) is 1.87. The predicted molar refractivity (Wildman–Crippen MR) is 62.4 cm³/mol. The first-order chi connectivity index (χ1) is 7.35. The highest BCUT2D eigenvalue weighted by Crippen LogP contribution is 2.21. The summed E-state index contributed by atoms with van der Waals surface area (Å²) >= 11 is 0. The van der Waals surface area contributed by atoms with E-state index in [9.17, 15) is 0 Å². The van der Waals surface area contributed by atoms with Crippen molar-refractivity contribution in [1.29, 1.82) is 0 Å². The third kappa shape index (κ3) is 1.97. The summed E-state index contributed by atoms with van der Waals surface area (Å²) in [5.41, 5.74) is 1.26. The fourth-order valence-corrected chi connectivity index (χ4v) is 1.73. The Kier molecular flexibility index (Phi) is 2.92. The molecule has 0 radical (unpaired) electrons. The van der Waals surface area contributed by atoms with Crippen molar-refractivity contribution in [3.8, 4) is 5.75 Å². The van der Waals surface area contributed by atoms with Crippen LogP contribution in [0.1, 0.15) is 0 Å². The van der Waals surface area contributed by atoms with E-state index in [1.807, 2.05) is 13.1 Å². The number of hydrogen-bond donors (Lipinski definition) is 1. The second kappa shape index (κ2) is 4.36. The van der Waals surface area contributed by atoms with Crippen LogP contribution in [0.4, 0.5) is 0 Å². The van der Waals surface area contributed by atoms with Crippen molar-refractivity contribution in [1.82, 2.24) is 9.88 Å². The number of nitrogens with zero attached hydrogens (tertiary/aromatic N) is 1. The second-order valence-electron chi connectivity index (χ2n) is 3.54. The molecule has 0 atom stereocenters. The van der Waals surface area contributed by atoms with Gasteiger partial charge in [-0.1, -0.05) is 0 Å². The number of fused-ring (bicyclic) bond motifs is 1. The van der Waals surface area contributed by atoms with Crippen LogP contribution in [0.5, 0.6) is 5.75 Å². The van der Waals surface area contributed by atoms with E-state index in [-0.39, 0.29) is 0 Å². The largest absolute Gasteiger partial charge is 0.497 e. The molecule has 0 unspecified atom stereocenters. The van der Waals surface area contributed by atoms with Gasteiger partial charge in [0.2, 0.25) is 0 Å². The number of nitrogens with one attached hydrogen (secondary N) is 1. The number of benzene rings is 1. The first-order valence-electron chi connectivity index (χ1n) is 5.12. The fraction of sp³-hybridized carbons (Fsp3) is 0.333. The van der Waals surface area contributed by atoms with Gasteiger partial charge >= 0.3 is 0 Å². The Labute approximate surface area is 89.7 Å². The maximum Gasteiger partial charge on any atom is 0.119 e. The van der Waals surface area contributed by atoms with Crippen molar-refractivity contribution in [2.24, 2.45) is 0 Å². The van der Waals surface area contributed by atoms with Gasteiger partial charge in [0, 0.05) is 30.2 Å². The van der Waals surface area contributed by atoms with Gasteiger partial charge in [-0.05, 0) is 31.3 Å². The zero-order valence-electron chi connectivity index (χ0n) is 9.16. The van der Waals surface area contributed by atoms with E-state index in [1.54, 1.807) is 7.11 Å². The molecule has 2 aromatic rings. The van der Waals surface area contributed by atoms with Gasteiger partial charge in [-0.15, -0.1) is 0 Å². The molecule has 0 aliphatic rings. The van der Waals surface area contributed by atoms with E-state index in [4.69, 9.17) is 4.74 Å². The highest BCUT2D eigenvalue weighted by Gasteiger charge is 2.01. The maximum absolute atomic E-state index is 5.19. The summed E-state index contributed by atoms with van der Waals surface area (Å²) in [6, 6.07) is 8.28. The third-order valence-electron chi connectivity index (χ3n) is 2.58. The lowest BCUT2D eigenvalue weighted by molar-refractivity contribution is 0.415. The normalized spacial score (nSPS) is 10.8. The molecule has 1 aromatic carbocycles. The number of rotatable bonds is 4. The number of ether oxygens (including phenoxy) is 1. The third-order valence-corrected chi connectivity index (χ3v) is 2.58. The Hall–Kier alpha value is -1.48. The van der Waals surface area contributed by atoms with E-state index in [2.05, 4.69) is 34.3 Å². The van der Waals surface area contributed by atoms with Crippen molar-refractivity contribution in [2.45, 2.75) is 6.54 Å². The van der Waals surface area contributed by atoms with Crippen LogP contribution in [0.3, 0.4) is 0 Å². The minimum absolute atomic E-state index is 0.911. The zero-order valence-corrected chi connectivity index (χ0v) is 9.16. The van der Waals surface area contributed by atoms with Crippen molar-refractivity contribution >= 4 is 10.9 Å². The summed E-state index contributed by atoms with van der Waals surface area (Å²) in [5, 5.41) is 4.37. The summed E-state index contributed by atoms with van der Waals surface area (Å²) in [7, 11) is 3.66. The molecule has 0 aliphatic heterocycles. The van der Waals surface area contributed by atoms with E-state index >= 15 is 0 Å². The Morgan fingerprint density at radius 1 is 1.33 bits per heavy atom. The molecule has 1 aromatic heterocycles. The van der Waals surface area contributed by atoms with Gasteiger partial charge in [-0.2, -0.15) is 0 Å². The lowest BCUT2D eigenvalue weighted by atomic mass is 10.2. The lowest BCUT2D eigenvalue weighted by Gasteiger charge is -2.05. The molecule has 0 saturated carbocycles. The van der Waals surface area contributed by atoms with Crippen LogP contribution >= 0.6 is 0 Å². The molecule has 3 heteroatoms. The van der Waals surface area contributed by atoms with Gasteiger partial charge in [-0.25, -0.2) is 0 Å². The zero-order chi connectivity index (χ0) is 10.7. The van der Waals surface area contributed by atoms with Crippen molar-refractivity contribution in [2.75, 3.05) is 20.7 Å². The van der Waals surface area contributed by atoms with E-state index < -0.39 is 0 Å². The van der Waals surface area contributed by atoms with Crippen LogP contribution in [0, 0.1) is 0 Å². The van der Waals surface area contributed by atoms with Crippen LogP contribution in [0.2, 0.25) is 0 Å². The second-order valence-corrected chi connectivity index (χ2v) is 3.54. The molecule has 80 valence electrons.